The maximum Gasteiger partial charge on any atom is 0.354 e. The summed E-state index contributed by atoms with van der Waals surface area (Å²) in [7, 11) is 0. The highest BCUT2D eigenvalue weighted by molar-refractivity contribution is 5.96. The predicted octanol–water partition coefficient (Wildman–Crippen LogP) is 1.47. The number of carbonyl (C=O) groups excluding carboxylic acids is 1. The van der Waals surface area contributed by atoms with Crippen molar-refractivity contribution in [2.75, 3.05) is 13.2 Å². The maximum atomic E-state index is 11.9. The van der Waals surface area contributed by atoms with Gasteiger partial charge in [-0.05, 0) is 37.8 Å². The molecule has 2 heterocycles. The lowest BCUT2D eigenvalue weighted by atomic mass is 10.1. The van der Waals surface area contributed by atoms with Crippen molar-refractivity contribution in [2.45, 2.75) is 31.8 Å². The normalized spacial score (nSPS) is 18.5. The molecule has 2 rings (SSSR count). The molecule has 0 aromatic carbocycles. The van der Waals surface area contributed by atoms with Gasteiger partial charge in [-0.1, -0.05) is 0 Å². The zero-order valence-electron chi connectivity index (χ0n) is 11.2. The van der Waals surface area contributed by atoms with Gasteiger partial charge < -0.3 is 15.2 Å². The summed E-state index contributed by atoms with van der Waals surface area (Å²) >= 11 is 0. The molecule has 1 atom stereocenters. The Morgan fingerprint density at radius 2 is 2.30 bits per heavy atom. The Labute approximate surface area is 117 Å². The molecule has 108 valence electrons. The van der Waals surface area contributed by atoms with Crippen molar-refractivity contribution >= 4 is 11.9 Å². The molecule has 2 N–H and O–H groups in total. The summed E-state index contributed by atoms with van der Waals surface area (Å²) in [5.41, 5.74) is 0.176. The third-order valence-corrected chi connectivity index (χ3v) is 3.27. The predicted molar refractivity (Wildman–Crippen MR) is 71.7 cm³/mol. The summed E-state index contributed by atoms with van der Waals surface area (Å²) in [6, 6.07) is 2.77. The van der Waals surface area contributed by atoms with Crippen molar-refractivity contribution in [3.05, 3.63) is 29.6 Å². The van der Waals surface area contributed by atoms with Crippen LogP contribution in [-0.2, 0) is 4.74 Å². The van der Waals surface area contributed by atoms with E-state index in [4.69, 9.17) is 9.84 Å². The quantitative estimate of drug-likeness (QED) is 0.851. The van der Waals surface area contributed by atoms with Gasteiger partial charge in [-0.3, -0.25) is 4.79 Å². The molecule has 20 heavy (non-hydrogen) atoms. The number of pyridine rings is 1. The van der Waals surface area contributed by atoms with E-state index in [1.165, 1.54) is 24.8 Å². The second kappa shape index (κ2) is 7.00. The summed E-state index contributed by atoms with van der Waals surface area (Å²) < 4.78 is 5.58. The third-order valence-electron chi connectivity index (χ3n) is 3.27. The lowest BCUT2D eigenvalue weighted by Crippen LogP contribution is -2.29. The van der Waals surface area contributed by atoms with E-state index < -0.39 is 5.97 Å². The summed E-state index contributed by atoms with van der Waals surface area (Å²) in [5.74, 6) is -1.43. The number of carboxylic acids is 1. The van der Waals surface area contributed by atoms with E-state index in [1.807, 2.05) is 0 Å². The molecule has 0 aliphatic carbocycles. The van der Waals surface area contributed by atoms with Crippen molar-refractivity contribution < 1.29 is 19.4 Å². The lowest BCUT2D eigenvalue weighted by molar-refractivity contribution is 0.0117. The zero-order chi connectivity index (χ0) is 14.4. The Balaban J connectivity index is 1.82. The second-order valence-electron chi connectivity index (χ2n) is 4.77. The van der Waals surface area contributed by atoms with Gasteiger partial charge in [0.05, 0.1) is 6.10 Å². The highest BCUT2D eigenvalue weighted by Gasteiger charge is 2.14. The van der Waals surface area contributed by atoms with Gasteiger partial charge in [-0.2, -0.15) is 0 Å². The third kappa shape index (κ3) is 4.03. The van der Waals surface area contributed by atoms with Gasteiger partial charge in [0.25, 0.3) is 5.91 Å². The van der Waals surface area contributed by atoms with Gasteiger partial charge in [-0.25, -0.2) is 9.78 Å². The summed E-state index contributed by atoms with van der Waals surface area (Å²) in [6.07, 6.45) is 5.64. The molecule has 1 unspecified atom stereocenters. The first-order valence-corrected chi connectivity index (χ1v) is 6.76. The minimum absolute atomic E-state index is 0.131. The number of amides is 1. The van der Waals surface area contributed by atoms with Crippen molar-refractivity contribution in [2.24, 2.45) is 0 Å². The Morgan fingerprint density at radius 3 is 3.00 bits per heavy atom. The first-order chi connectivity index (χ1) is 9.66. The first kappa shape index (κ1) is 14.5. The van der Waals surface area contributed by atoms with Crippen molar-refractivity contribution in [3.8, 4) is 0 Å². The van der Waals surface area contributed by atoms with Gasteiger partial charge >= 0.3 is 5.97 Å². The van der Waals surface area contributed by atoms with Crippen LogP contribution in [0.2, 0.25) is 0 Å². The number of hydrogen-bond donors (Lipinski definition) is 2. The molecule has 6 nitrogen and oxygen atoms in total. The largest absolute Gasteiger partial charge is 0.477 e. The van der Waals surface area contributed by atoms with Crippen LogP contribution in [0.5, 0.6) is 0 Å². The molecule has 1 saturated heterocycles. The molecule has 1 aliphatic heterocycles. The fraction of sp³-hybridized carbons (Fsp3) is 0.500. The van der Waals surface area contributed by atoms with Gasteiger partial charge in [-0.15, -0.1) is 0 Å². The lowest BCUT2D eigenvalue weighted by Gasteiger charge is -2.22. The minimum atomic E-state index is -1.14. The van der Waals surface area contributed by atoms with Crippen LogP contribution in [0.1, 0.15) is 46.5 Å². The Kier molecular flexibility index (Phi) is 5.06. The van der Waals surface area contributed by atoms with Crippen LogP contribution in [0.15, 0.2) is 18.3 Å². The number of carboxylic acid groups (broad SMARTS) is 1. The second-order valence-corrected chi connectivity index (χ2v) is 4.77. The van der Waals surface area contributed by atoms with Crippen molar-refractivity contribution in [1.82, 2.24) is 10.3 Å². The van der Waals surface area contributed by atoms with Crippen LogP contribution in [0.25, 0.3) is 0 Å². The Hall–Kier alpha value is -1.95. The molecule has 1 aromatic rings. The van der Waals surface area contributed by atoms with E-state index in [1.54, 1.807) is 0 Å². The van der Waals surface area contributed by atoms with Crippen LogP contribution in [0.3, 0.4) is 0 Å². The van der Waals surface area contributed by atoms with Gasteiger partial charge in [0.15, 0.2) is 0 Å². The molecule has 0 radical (unpaired) electrons. The molecule has 1 aliphatic rings. The van der Waals surface area contributed by atoms with Gasteiger partial charge in [0, 0.05) is 24.9 Å². The number of carbonyl (C=O) groups is 2. The Bertz CT molecular complexity index is 484. The van der Waals surface area contributed by atoms with Crippen LogP contribution in [-0.4, -0.2) is 41.2 Å². The topological polar surface area (TPSA) is 88.5 Å². The van der Waals surface area contributed by atoms with Gasteiger partial charge in [0.2, 0.25) is 0 Å². The summed E-state index contributed by atoms with van der Waals surface area (Å²) in [5, 5.41) is 11.6. The number of ether oxygens (including phenoxy) is 1. The van der Waals surface area contributed by atoms with Crippen LogP contribution >= 0.6 is 0 Å². The number of nitrogens with one attached hydrogen (secondary N) is 1. The molecular weight excluding hydrogens is 260 g/mol. The van der Waals surface area contributed by atoms with E-state index in [2.05, 4.69) is 10.3 Å². The monoisotopic (exact) mass is 278 g/mol. The SMILES string of the molecule is O=C(NCCC1CCCCO1)c1ccnc(C(=O)O)c1. The van der Waals surface area contributed by atoms with E-state index in [9.17, 15) is 9.59 Å². The number of aromatic carboxylic acids is 1. The van der Waals surface area contributed by atoms with Crippen LogP contribution in [0, 0.1) is 0 Å². The molecule has 1 aromatic heterocycles. The van der Waals surface area contributed by atoms with Gasteiger partial charge in [0.1, 0.15) is 5.69 Å². The molecule has 0 bridgehead atoms. The fourth-order valence-corrected chi connectivity index (χ4v) is 2.17. The van der Waals surface area contributed by atoms with E-state index in [-0.39, 0.29) is 17.7 Å². The summed E-state index contributed by atoms with van der Waals surface area (Å²) in [6.45, 7) is 1.32. The van der Waals surface area contributed by atoms with Crippen LogP contribution < -0.4 is 5.32 Å². The van der Waals surface area contributed by atoms with E-state index >= 15 is 0 Å². The maximum absolute atomic E-state index is 11.9. The van der Waals surface area contributed by atoms with E-state index in [0.29, 0.717) is 12.1 Å². The first-order valence-electron chi connectivity index (χ1n) is 6.76. The smallest absolute Gasteiger partial charge is 0.354 e. The number of hydrogen-bond acceptors (Lipinski definition) is 4. The fourth-order valence-electron chi connectivity index (χ4n) is 2.17. The molecule has 6 heteroatoms. The minimum Gasteiger partial charge on any atom is -0.477 e. The number of aromatic nitrogens is 1. The van der Waals surface area contributed by atoms with Crippen molar-refractivity contribution in [1.29, 1.82) is 0 Å². The molecular formula is C14H18N2O4. The highest BCUT2D eigenvalue weighted by atomic mass is 16.5. The van der Waals surface area contributed by atoms with E-state index in [0.717, 1.165) is 25.9 Å². The Morgan fingerprint density at radius 1 is 1.45 bits per heavy atom. The highest BCUT2D eigenvalue weighted by Crippen LogP contribution is 2.14. The summed E-state index contributed by atoms with van der Waals surface area (Å²) in [4.78, 5) is 26.3. The zero-order valence-corrected chi connectivity index (χ0v) is 11.2. The number of rotatable bonds is 5. The molecule has 0 saturated carbocycles. The molecule has 1 amide bonds. The average molecular weight is 278 g/mol. The van der Waals surface area contributed by atoms with Crippen molar-refractivity contribution in [3.63, 3.8) is 0 Å². The standard InChI is InChI=1S/C14H18N2O4/c17-13(10-4-6-15-12(9-10)14(18)19)16-7-5-11-3-1-2-8-20-11/h4,6,9,11H,1-3,5,7-8H2,(H,16,17)(H,18,19). The number of nitrogens with zero attached hydrogens (tertiary/aromatic N) is 1. The molecule has 1 fully saturated rings. The molecule has 0 spiro atoms. The van der Waals surface area contributed by atoms with Crippen LogP contribution in [0.4, 0.5) is 0 Å². The average Bonchev–Trinajstić information content (AvgIpc) is 2.48.